The predicted octanol–water partition coefficient (Wildman–Crippen LogP) is 4.83. The number of pyridine rings is 1. The first-order valence-electron chi connectivity index (χ1n) is 6.11. The van der Waals surface area contributed by atoms with Gasteiger partial charge in [0.05, 0.1) is 5.69 Å². The van der Waals surface area contributed by atoms with Crippen molar-refractivity contribution in [1.82, 2.24) is 4.98 Å². The molecule has 0 bridgehead atoms. The number of aryl methyl sites for hydroxylation is 1. The van der Waals surface area contributed by atoms with E-state index in [2.05, 4.69) is 46.9 Å². The van der Waals surface area contributed by atoms with Crippen molar-refractivity contribution in [3.05, 3.63) is 52.2 Å². The van der Waals surface area contributed by atoms with Crippen LogP contribution in [0.5, 0.6) is 0 Å². The van der Waals surface area contributed by atoms with Gasteiger partial charge in [-0.1, -0.05) is 52.4 Å². The van der Waals surface area contributed by atoms with E-state index in [1.54, 1.807) is 0 Å². The fourth-order valence-electron chi connectivity index (χ4n) is 2.45. The summed E-state index contributed by atoms with van der Waals surface area (Å²) in [6, 6.07) is 10.6. The highest BCUT2D eigenvalue weighted by atomic mass is 127. The third-order valence-electron chi connectivity index (χ3n) is 3.37. The lowest BCUT2D eigenvalue weighted by molar-refractivity contribution is 0.900. The van der Waals surface area contributed by atoms with Crippen molar-refractivity contribution in [2.75, 3.05) is 0 Å². The number of hydrogen-bond donors (Lipinski definition) is 0. The molecule has 1 nitrogen and oxygen atoms in total. The van der Waals surface area contributed by atoms with Crippen LogP contribution in [0.15, 0.2) is 30.3 Å². The van der Waals surface area contributed by atoms with Gasteiger partial charge in [-0.15, -0.1) is 0 Å². The Morgan fingerprint density at radius 3 is 2.94 bits per heavy atom. The Morgan fingerprint density at radius 2 is 2.11 bits per heavy atom. The first kappa shape index (κ1) is 12.4. The van der Waals surface area contributed by atoms with Gasteiger partial charge in [-0.25, -0.2) is 0 Å². The molecule has 0 atom stereocenters. The molecule has 18 heavy (non-hydrogen) atoms. The summed E-state index contributed by atoms with van der Waals surface area (Å²) >= 11 is 8.74. The van der Waals surface area contributed by atoms with Crippen molar-refractivity contribution in [3.63, 3.8) is 0 Å². The minimum Gasteiger partial charge on any atom is -0.252 e. The lowest BCUT2D eigenvalue weighted by Crippen LogP contribution is -1.93. The van der Waals surface area contributed by atoms with Crippen LogP contribution in [0.3, 0.4) is 0 Å². The van der Waals surface area contributed by atoms with E-state index >= 15 is 0 Å². The number of alkyl halides is 1. The second-order valence-corrected chi connectivity index (χ2v) is 5.77. The van der Waals surface area contributed by atoms with Gasteiger partial charge in [-0.2, -0.15) is 0 Å². The minimum absolute atomic E-state index is 0.882. The fourth-order valence-corrected chi connectivity index (χ4v) is 3.24. The van der Waals surface area contributed by atoms with E-state index in [0.717, 1.165) is 28.0 Å². The fraction of sp³-hybridized carbons (Fsp3) is 0.267. The summed E-state index contributed by atoms with van der Waals surface area (Å²) in [4.78, 5) is 4.77. The number of aromatic nitrogens is 1. The molecular weight excluding hydrogens is 357 g/mol. The van der Waals surface area contributed by atoms with Gasteiger partial charge in [0.1, 0.15) is 0 Å². The standard InChI is InChI=1S/C15H13ClIN/c16-13-8-15(18-14-6-2-5-12(13)14)11-4-1-3-10(7-11)9-17/h1,3-4,7-8H,2,5-6,9H2. The molecule has 1 heterocycles. The van der Waals surface area contributed by atoms with E-state index in [1.807, 2.05) is 6.07 Å². The second-order valence-electron chi connectivity index (χ2n) is 4.60. The molecule has 0 fully saturated rings. The maximum atomic E-state index is 6.36. The summed E-state index contributed by atoms with van der Waals surface area (Å²) in [5.74, 6) is 0. The maximum absolute atomic E-state index is 6.36. The van der Waals surface area contributed by atoms with Crippen LogP contribution in [0.4, 0.5) is 0 Å². The van der Waals surface area contributed by atoms with E-state index in [-0.39, 0.29) is 0 Å². The van der Waals surface area contributed by atoms with Crippen LogP contribution in [-0.2, 0) is 17.3 Å². The molecule has 0 saturated heterocycles. The first-order chi connectivity index (χ1) is 8.78. The van der Waals surface area contributed by atoms with Crippen molar-refractivity contribution in [2.24, 2.45) is 0 Å². The van der Waals surface area contributed by atoms with E-state index < -0.39 is 0 Å². The Kier molecular flexibility index (Phi) is 3.57. The van der Waals surface area contributed by atoms with Gasteiger partial charge in [0.2, 0.25) is 0 Å². The molecule has 0 aliphatic heterocycles. The summed E-state index contributed by atoms with van der Waals surface area (Å²) in [6.07, 6.45) is 3.32. The molecule has 0 saturated carbocycles. The van der Waals surface area contributed by atoms with Crippen LogP contribution in [0.2, 0.25) is 5.02 Å². The number of nitrogens with zero attached hydrogens (tertiary/aromatic N) is 1. The third-order valence-corrected chi connectivity index (χ3v) is 4.59. The molecule has 1 aromatic carbocycles. The van der Waals surface area contributed by atoms with E-state index in [0.29, 0.717) is 0 Å². The van der Waals surface area contributed by atoms with Crippen LogP contribution in [0.1, 0.15) is 23.2 Å². The maximum Gasteiger partial charge on any atom is 0.0720 e. The van der Waals surface area contributed by atoms with E-state index in [1.165, 1.54) is 28.8 Å². The molecule has 3 heteroatoms. The summed E-state index contributed by atoms with van der Waals surface area (Å²) in [6.45, 7) is 0. The monoisotopic (exact) mass is 369 g/mol. The Bertz CT molecular complexity index is 595. The van der Waals surface area contributed by atoms with Crippen LogP contribution in [0.25, 0.3) is 11.3 Å². The van der Waals surface area contributed by atoms with Gasteiger partial charge in [0.15, 0.2) is 0 Å². The molecule has 0 amide bonds. The Balaban J connectivity index is 2.09. The van der Waals surface area contributed by atoms with Gasteiger partial charge < -0.3 is 0 Å². The van der Waals surface area contributed by atoms with Crippen LogP contribution in [-0.4, -0.2) is 4.98 Å². The van der Waals surface area contributed by atoms with Gasteiger partial charge in [0.25, 0.3) is 0 Å². The average molecular weight is 370 g/mol. The molecule has 1 aliphatic carbocycles. The second kappa shape index (κ2) is 5.17. The van der Waals surface area contributed by atoms with E-state index in [9.17, 15) is 0 Å². The Labute approximate surface area is 126 Å². The summed E-state index contributed by atoms with van der Waals surface area (Å²) in [7, 11) is 0. The molecule has 0 N–H and O–H groups in total. The highest BCUT2D eigenvalue weighted by Gasteiger charge is 2.17. The molecule has 3 rings (SSSR count). The van der Waals surface area contributed by atoms with Gasteiger partial charge in [-0.3, -0.25) is 4.98 Å². The minimum atomic E-state index is 0.882. The van der Waals surface area contributed by atoms with Crippen molar-refractivity contribution in [1.29, 1.82) is 0 Å². The smallest absolute Gasteiger partial charge is 0.0720 e. The quantitative estimate of drug-likeness (QED) is 0.546. The number of halogens is 2. The van der Waals surface area contributed by atoms with Crippen LogP contribution < -0.4 is 0 Å². The highest BCUT2D eigenvalue weighted by Crippen LogP contribution is 2.31. The third kappa shape index (κ3) is 2.28. The molecular formula is C15H13ClIN. The highest BCUT2D eigenvalue weighted by molar-refractivity contribution is 14.1. The molecule has 1 aliphatic rings. The summed E-state index contributed by atoms with van der Waals surface area (Å²) < 4.78 is 1.02. The van der Waals surface area contributed by atoms with Gasteiger partial charge in [-0.05, 0) is 42.5 Å². The normalized spacial score (nSPS) is 13.7. The lowest BCUT2D eigenvalue weighted by Gasteiger charge is -2.07. The van der Waals surface area contributed by atoms with Gasteiger partial charge in [0, 0.05) is 20.7 Å². The zero-order chi connectivity index (χ0) is 12.5. The van der Waals surface area contributed by atoms with Gasteiger partial charge >= 0.3 is 0 Å². The molecule has 92 valence electrons. The number of benzene rings is 1. The topological polar surface area (TPSA) is 12.9 Å². The van der Waals surface area contributed by atoms with Crippen molar-refractivity contribution in [2.45, 2.75) is 23.7 Å². The first-order valence-corrected chi connectivity index (χ1v) is 8.02. The molecule has 0 spiro atoms. The largest absolute Gasteiger partial charge is 0.252 e. The molecule has 2 aromatic rings. The Morgan fingerprint density at radius 1 is 1.22 bits per heavy atom. The van der Waals surface area contributed by atoms with Crippen LogP contribution in [0, 0.1) is 0 Å². The molecule has 0 unspecified atom stereocenters. The predicted molar refractivity (Wildman–Crippen MR) is 84.4 cm³/mol. The number of hydrogen-bond acceptors (Lipinski definition) is 1. The van der Waals surface area contributed by atoms with Crippen molar-refractivity contribution >= 4 is 34.2 Å². The van der Waals surface area contributed by atoms with Crippen molar-refractivity contribution in [3.8, 4) is 11.3 Å². The molecule has 1 aromatic heterocycles. The SMILES string of the molecule is Clc1cc(-c2cccc(CI)c2)nc2c1CCC2. The van der Waals surface area contributed by atoms with Crippen molar-refractivity contribution < 1.29 is 0 Å². The molecule has 0 radical (unpaired) electrons. The summed E-state index contributed by atoms with van der Waals surface area (Å²) in [5, 5.41) is 0.882. The zero-order valence-electron chi connectivity index (χ0n) is 9.92. The average Bonchev–Trinajstić information content (AvgIpc) is 2.87. The Hall–Kier alpha value is -0.610. The van der Waals surface area contributed by atoms with Crippen LogP contribution >= 0.6 is 34.2 Å². The summed E-state index contributed by atoms with van der Waals surface area (Å²) in [5.41, 5.74) is 5.95. The lowest BCUT2D eigenvalue weighted by atomic mass is 10.1. The number of fused-ring (bicyclic) bond motifs is 1. The number of rotatable bonds is 2. The van der Waals surface area contributed by atoms with E-state index in [4.69, 9.17) is 16.6 Å². The zero-order valence-corrected chi connectivity index (χ0v) is 12.8.